The van der Waals surface area contributed by atoms with Crippen molar-refractivity contribution in [2.45, 2.75) is 26.9 Å². The van der Waals surface area contributed by atoms with Crippen LogP contribution in [0.25, 0.3) is 0 Å². The van der Waals surface area contributed by atoms with Gasteiger partial charge in [0.05, 0.1) is 5.92 Å². The molecule has 1 unspecified atom stereocenters. The van der Waals surface area contributed by atoms with Crippen LogP contribution in [-0.2, 0) is 14.3 Å². The van der Waals surface area contributed by atoms with E-state index in [-0.39, 0.29) is 12.0 Å². The molecular formula is C8H14O5. The molecule has 1 N–H and O–H groups in total. The summed E-state index contributed by atoms with van der Waals surface area (Å²) in [5.74, 6) is -0.972. The minimum atomic E-state index is -0.741. The number of carboxylic acids is 1. The van der Waals surface area contributed by atoms with E-state index in [1.54, 1.807) is 20.8 Å². The number of carbonyl (C=O) groups is 2. The van der Waals surface area contributed by atoms with Crippen LogP contribution in [-0.4, -0.2) is 29.9 Å². The molecule has 1 fully saturated rings. The number of aliphatic carboxylic acids is 1. The molecule has 1 atom stereocenters. The molecule has 5 heteroatoms. The van der Waals surface area contributed by atoms with Crippen LogP contribution in [0.15, 0.2) is 0 Å². The quantitative estimate of drug-likeness (QED) is 0.630. The number of cyclic esters (lactones) is 2. The molecule has 0 bridgehead atoms. The Bertz CT molecular complexity index is 187. The SMILES string of the molecule is CC(C)C(=O)O.CC1COC(=O)O1. The van der Waals surface area contributed by atoms with Gasteiger partial charge < -0.3 is 14.6 Å². The highest BCUT2D eigenvalue weighted by Crippen LogP contribution is 2.02. The standard InChI is InChI=1S/C4H6O3.C4H8O2/c1-3-2-6-4(5)7-3;1-3(2)4(5)6/h3H,2H2,1H3;3H,1-2H3,(H,5,6). The molecular weight excluding hydrogens is 176 g/mol. The predicted molar refractivity (Wildman–Crippen MR) is 44.4 cm³/mol. The Kier molecular flexibility index (Phi) is 4.87. The highest BCUT2D eigenvalue weighted by Gasteiger charge is 2.19. The molecule has 1 saturated heterocycles. The zero-order chi connectivity index (χ0) is 10.4. The zero-order valence-electron chi connectivity index (χ0n) is 7.94. The smallest absolute Gasteiger partial charge is 0.481 e. The van der Waals surface area contributed by atoms with Crippen LogP contribution >= 0.6 is 0 Å². The molecule has 1 aliphatic heterocycles. The fourth-order valence-electron chi connectivity index (χ4n) is 0.418. The lowest BCUT2D eigenvalue weighted by Crippen LogP contribution is -2.03. The van der Waals surface area contributed by atoms with Crippen molar-refractivity contribution in [1.29, 1.82) is 0 Å². The molecule has 13 heavy (non-hydrogen) atoms. The molecule has 0 saturated carbocycles. The summed E-state index contributed by atoms with van der Waals surface area (Å²) in [5.41, 5.74) is 0. The van der Waals surface area contributed by atoms with Crippen molar-refractivity contribution in [2.75, 3.05) is 6.61 Å². The number of ether oxygens (including phenoxy) is 2. The number of carbonyl (C=O) groups excluding carboxylic acids is 1. The van der Waals surface area contributed by atoms with Gasteiger partial charge in [0, 0.05) is 0 Å². The summed E-state index contributed by atoms with van der Waals surface area (Å²) >= 11 is 0. The van der Waals surface area contributed by atoms with E-state index in [2.05, 4.69) is 9.47 Å². The van der Waals surface area contributed by atoms with E-state index in [4.69, 9.17) is 5.11 Å². The number of hydrogen-bond acceptors (Lipinski definition) is 4. The topological polar surface area (TPSA) is 72.8 Å². The second-order valence-corrected chi connectivity index (χ2v) is 2.98. The Morgan fingerprint density at radius 2 is 2.08 bits per heavy atom. The number of hydrogen-bond donors (Lipinski definition) is 1. The van der Waals surface area contributed by atoms with Crippen LogP contribution in [0, 0.1) is 5.92 Å². The van der Waals surface area contributed by atoms with Crippen molar-refractivity contribution in [3.05, 3.63) is 0 Å². The van der Waals surface area contributed by atoms with Crippen molar-refractivity contribution in [3.8, 4) is 0 Å². The minimum Gasteiger partial charge on any atom is -0.481 e. The summed E-state index contributed by atoms with van der Waals surface area (Å²) in [5, 5.41) is 7.99. The monoisotopic (exact) mass is 190 g/mol. The van der Waals surface area contributed by atoms with E-state index in [9.17, 15) is 9.59 Å². The normalized spacial score (nSPS) is 20.0. The first-order valence-electron chi connectivity index (χ1n) is 3.99. The Balaban J connectivity index is 0.000000226. The van der Waals surface area contributed by atoms with Gasteiger partial charge in [0.2, 0.25) is 0 Å². The molecule has 0 spiro atoms. The maximum absolute atomic E-state index is 10.0. The average Bonchev–Trinajstić information content (AvgIpc) is 2.35. The van der Waals surface area contributed by atoms with E-state index in [1.807, 2.05) is 0 Å². The maximum Gasteiger partial charge on any atom is 0.508 e. The van der Waals surface area contributed by atoms with Crippen LogP contribution in [0.2, 0.25) is 0 Å². The molecule has 1 aliphatic rings. The van der Waals surface area contributed by atoms with Gasteiger partial charge >= 0.3 is 12.1 Å². The molecule has 0 aromatic rings. The average molecular weight is 190 g/mol. The van der Waals surface area contributed by atoms with Gasteiger partial charge in [-0.15, -0.1) is 0 Å². The predicted octanol–water partition coefficient (Wildman–Crippen LogP) is 1.27. The summed E-state index contributed by atoms with van der Waals surface area (Å²) in [6.07, 6.45) is -0.597. The molecule has 0 aromatic carbocycles. The summed E-state index contributed by atoms with van der Waals surface area (Å²) in [4.78, 5) is 19.7. The van der Waals surface area contributed by atoms with Crippen molar-refractivity contribution < 1.29 is 24.2 Å². The fraction of sp³-hybridized carbons (Fsp3) is 0.750. The first-order chi connectivity index (χ1) is 5.93. The van der Waals surface area contributed by atoms with E-state index < -0.39 is 12.1 Å². The molecule has 1 heterocycles. The lowest BCUT2D eigenvalue weighted by Gasteiger charge is -1.90. The summed E-state index contributed by atoms with van der Waals surface area (Å²) < 4.78 is 8.90. The largest absolute Gasteiger partial charge is 0.508 e. The lowest BCUT2D eigenvalue weighted by atomic mass is 10.2. The Labute approximate surface area is 76.6 Å². The molecule has 1 rings (SSSR count). The van der Waals surface area contributed by atoms with Crippen LogP contribution in [0.4, 0.5) is 4.79 Å². The molecule has 5 nitrogen and oxygen atoms in total. The van der Waals surface area contributed by atoms with E-state index in [0.717, 1.165) is 0 Å². The van der Waals surface area contributed by atoms with E-state index >= 15 is 0 Å². The molecule has 0 amide bonds. The van der Waals surface area contributed by atoms with Crippen LogP contribution in [0.5, 0.6) is 0 Å². The Morgan fingerprint density at radius 3 is 2.15 bits per heavy atom. The van der Waals surface area contributed by atoms with Crippen LogP contribution < -0.4 is 0 Å². The molecule has 0 aromatic heterocycles. The van der Waals surface area contributed by atoms with Crippen LogP contribution in [0.1, 0.15) is 20.8 Å². The third kappa shape index (κ3) is 5.95. The third-order valence-corrected chi connectivity index (χ3v) is 1.23. The highest BCUT2D eigenvalue weighted by molar-refractivity contribution is 5.68. The fourth-order valence-corrected chi connectivity index (χ4v) is 0.418. The summed E-state index contributed by atoms with van der Waals surface area (Å²) in [6.45, 7) is 5.47. The Hall–Kier alpha value is -1.26. The van der Waals surface area contributed by atoms with Gasteiger partial charge in [-0.05, 0) is 6.92 Å². The van der Waals surface area contributed by atoms with Crippen LogP contribution in [0.3, 0.4) is 0 Å². The number of carboxylic acid groups (broad SMARTS) is 1. The van der Waals surface area contributed by atoms with Gasteiger partial charge in [-0.3, -0.25) is 4.79 Å². The van der Waals surface area contributed by atoms with Gasteiger partial charge in [-0.25, -0.2) is 4.79 Å². The summed E-state index contributed by atoms with van der Waals surface area (Å²) in [6, 6.07) is 0. The molecule has 76 valence electrons. The third-order valence-electron chi connectivity index (χ3n) is 1.23. The minimum absolute atomic E-state index is 0.0486. The molecule has 0 radical (unpaired) electrons. The number of rotatable bonds is 1. The van der Waals surface area contributed by atoms with Crippen molar-refractivity contribution in [2.24, 2.45) is 5.92 Å². The van der Waals surface area contributed by atoms with E-state index in [0.29, 0.717) is 6.61 Å². The van der Waals surface area contributed by atoms with Crippen molar-refractivity contribution in [3.63, 3.8) is 0 Å². The highest BCUT2D eigenvalue weighted by atomic mass is 16.8. The second kappa shape index (κ2) is 5.40. The summed E-state index contributed by atoms with van der Waals surface area (Å²) in [7, 11) is 0. The zero-order valence-corrected chi connectivity index (χ0v) is 7.94. The Morgan fingerprint density at radius 1 is 1.62 bits per heavy atom. The second-order valence-electron chi connectivity index (χ2n) is 2.98. The van der Waals surface area contributed by atoms with Gasteiger partial charge in [-0.1, -0.05) is 13.8 Å². The maximum atomic E-state index is 10.0. The first-order valence-corrected chi connectivity index (χ1v) is 3.99. The lowest BCUT2D eigenvalue weighted by molar-refractivity contribution is -0.140. The van der Waals surface area contributed by atoms with Gasteiger partial charge in [0.25, 0.3) is 0 Å². The van der Waals surface area contributed by atoms with Gasteiger partial charge in [0.1, 0.15) is 12.7 Å². The van der Waals surface area contributed by atoms with Gasteiger partial charge in [0.15, 0.2) is 0 Å². The first kappa shape index (κ1) is 11.7. The molecule has 0 aliphatic carbocycles. The van der Waals surface area contributed by atoms with Crippen molar-refractivity contribution in [1.82, 2.24) is 0 Å². The van der Waals surface area contributed by atoms with Gasteiger partial charge in [-0.2, -0.15) is 0 Å². The van der Waals surface area contributed by atoms with Crippen molar-refractivity contribution >= 4 is 12.1 Å². The van der Waals surface area contributed by atoms with E-state index in [1.165, 1.54) is 0 Å².